The zero-order valence-electron chi connectivity index (χ0n) is 34.0. The van der Waals surface area contributed by atoms with Crippen molar-refractivity contribution >= 4 is 56.7 Å². The number of aromatic nitrogens is 7. The van der Waals surface area contributed by atoms with Crippen LogP contribution in [0.15, 0.2) is 59.9 Å². The molecule has 6 aromatic rings. The normalized spacial score (nSPS) is 20.6. The Bertz CT molecular complexity index is 2740. The molecule has 16 nitrogen and oxygen atoms in total. The van der Waals surface area contributed by atoms with E-state index in [9.17, 15) is 32.3 Å². The van der Waals surface area contributed by atoms with Gasteiger partial charge in [0.25, 0.3) is 5.91 Å². The van der Waals surface area contributed by atoms with Gasteiger partial charge < -0.3 is 19.9 Å². The van der Waals surface area contributed by atoms with Gasteiger partial charge in [-0.1, -0.05) is 6.07 Å². The van der Waals surface area contributed by atoms with Gasteiger partial charge in [-0.2, -0.15) is 18.3 Å². The maximum Gasteiger partial charge on any atom is 0.433 e. The van der Waals surface area contributed by atoms with E-state index < -0.39 is 29.7 Å². The molecule has 320 valence electrons. The predicted molar refractivity (Wildman–Crippen MR) is 220 cm³/mol. The van der Waals surface area contributed by atoms with Crippen molar-refractivity contribution in [2.75, 3.05) is 44.0 Å². The number of nitrogens with zero attached hydrogens (tertiary/aromatic N) is 9. The second-order valence-corrected chi connectivity index (χ2v) is 16.5. The zero-order chi connectivity index (χ0) is 42.7. The Hall–Kier alpha value is -6.24. The van der Waals surface area contributed by atoms with Crippen LogP contribution in [0.3, 0.4) is 0 Å². The number of nitrogens with one attached hydrogen (secondary N) is 2. The van der Waals surface area contributed by atoms with E-state index in [0.29, 0.717) is 40.9 Å². The van der Waals surface area contributed by atoms with E-state index in [-0.39, 0.29) is 35.4 Å². The van der Waals surface area contributed by atoms with Crippen LogP contribution in [0.5, 0.6) is 5.75 Å². The van der Waals surface area contributed by atoms with Crippen LogP contribution in [0, 0.1) is 5.92 Å². The SMILES string of the molecule is COc1cc2nn([C@H]3CC[C@H](CN(C)C4CCN(c5cccc6c5n(C)c(=O)n6C5CCC(=O)NC5=O)CC4)CC3)cc2cc1NC(=O)c1ncn2ccc(C(F)(F)F)nc12. The number of benzene rings is 2. The Balaban J connectivity index is 0.809. The third-order valence-electron chi connectivity index (χ3n) is 12.8. The lowest BCUT2D eigenvalue weighted by Crippen LogP contribution is -2.45. The average Bonchev–Trinajstić information content (AvgIpc) is 3.94. The maximum atomic E-state index is 13.5. The summed E-state index contributed by atoms with van der Waals surface area (Å²) in [6.45, 7) is 2.67. The quantitative estimate of drug-likeness (QED) is 0.182. The van der Waals surface area contributed by atoms with Gasteiger partial charge in [-0.25, -0.2) is 14.8 Å². The number of para-hydroxylation sites is 1. The molecule has 0 bridgehead atoms. The van der Waals surface area contributed by atoms with Crippen molar-refractivity contribution in [2.45, 2.75) is 75.7 Å². The molecule has 61 heavy (non-hydrogen) atoms. The van der Waals surface area contributed by atoms with E-state index in [1.165, 1.54) is 22.4 Å². The highest BCUT2D eigenvalue weighted by atomic mass is 19.4. The number of aryl methyl sites for hydroxylation is 1. The van der Waals surface area contributed by atoms with Gasteiger partial charge in [-0.05, 0) is 82.2 Å². The lowest BCUT2D eigenvalue weighted by atomic mass is 9.85. The molecule has 3 aliphatic rings. The molecular weight excluding hydrogens is 796 g/mol. The largest absolute Gasteiger partial charge is 0.494 e. The maximum absolute atomic E-state index is 13.5. The fourth-order valence-electron chi connectivity index (χ4n) is 9.50. The van der Waals surface area contributed by atoms with Crippen LogP contribution in [-0.4, -0.2) is 95.7 Å². The van der Waals surface area contributed by atoms with Crippen LogP contribution in [0.1, 0.15) is 79.6 Å². The number of carbonyl (C=O) groups excluding carboxylic acids is 3. The molecule has 1 saturated carbocycles. The van der Waals surface area contributed by atoms with E-state index in [4.69, 9.17) is 9.84 Å². The molecule has 2 aromatic carbocycles. The Labute approximate surface area is 347 Å². The van der Waals surface area contributed by atoms with Crippen molar-refractivity contribution in [1.82, 2.24) is 43.5 Å². The Morgan fingerprint density at radius 3 is 2.52 bits per heavy atom. The van der Waals surface area contributed by atoms with Gasteiger partial charge in [0.2, 0.25) is 11.8 Å². The van der Waals surface area contributed by atoms with Gasteiger partial charge in [-0.3, -0.25) is 37.9 Å². The van der Waals surface area contributed by atoms with Crippen molar-refractivity contribution in [1.29, 1.82) is 0 Å². The number of methoxy groups -OCH3 is 1. The zero-order valence-corrected chi connectivity index (χ0v) is 34.0. The van der Waals surface area contributed by atoms with Crippen LogP contribution in [0.4, 0.5) is 24.5 Å². The Morgan fingerprint density at radius 2 is 1.80 bits per heavy atom. The molecule has 2 N–H and O–H groups in total. The molecule has 6 heterocycles. The van der Waals surface area contributed by atoms with Gasteiger partial charge in [-0.15, -0.1) is 0 Å². The van der Waals surface area contributed by atoms with E-state index in [2.05, 4.69) is 37.4 Å². The summed E-state index contributed by atoms with van der Waals surface area (Å²) in [7, 11) is 5.42. The molecule has 2 aliphatic heterocycles. The summed E-state index contributed by atoms with van der Waals surface area (Å²) in [6, 6.07) is 10.1. The third kappa shape index (κ3) is 7.48. The topological polar surface area (TPSA) is 166 Å². The van der Waals surface area contributed by atoms with Crippen molar-refractivity contribution in [3.8, 4) is 5.75 Å². The number of alkyl halides is 3. The van der Waals surface area contributed by atoms with Gasteiger partial charge >= 0.3 is 11.9 Å². The minimum absolute atomic E-state index is 0.196. The van der Waals surface area contributed by atoms with Crippen molar-refractivity contribution < 1.29 is 32.3 Å². The number of piperidine rings is 2. The van der Waals surface area contributed by atoms with Crippen LogP contribution in [-0.2, 0) is 22.8 Å². The fraction of sp³-hybridized carbons (Fsp3) is 0.452. The summed E-state index contributed by atoms with van der Waals surface area (Å²) in [4.78, 5) is 63.8. The summed E-state index contributed by atoms with van der Waals surface area (Å²) >= 11 is 0. The number of imide groups is 1. The first-order valence-electron chi connectivity index (χ1n) is 20.6. The molecule has 0 spiro atoms. The monoisotopic (exact) mass is 841 g/mol. The lowest BCUT2D eigenvalue weighted by molar-refractivity contribution is -0.141. The number of amides is 3. The number of anilines is 2. The Morgan fingerprint density at radius 1 is 1.03 bits per heavy atom. The van der Waals surface area contributed by atoms with Crippen LogP contribution >= 0.6 is 0 Å². The number of carbonyl (C=O) groups is 3. The molecule has 4 aromatic heterocycles. The lowest BCUT2D eigenvalue weighted by Gasteiger charge is -2.40. The van der Waals surface area contributed by atoms with Gasteiger partial charge in [0.15, 0.2) is 11.3 Å². The molecule has 1 atom stereocenters. The molecule has 3 fully saturated rings. The minimum Gasteiger partial charge on any atom is -0.494 e. The van der Waals surface area contributed by atoms with E-state index in [0.717, 1.165) is 87.0 Å². The summed E-state index contributed by atoms with van der Waals surface area (Å²) in [6.07, 6.45) is 6.17. The van der Waals surface area contributed by atoms with Crippen LogP contribution < -0.4 is 26.0 Å². The number of hydrogen-bond acceptors (Lipinski definition) is 10. The van der Waals surface area contributed by atoms with Crippen molar-refractivity contribution in [2.24, 2.45) is 13.0 Å². The molecular formula is C42H46F3N11O5. The second-order valence-electron chi connectivity index (χ2n) is 16.5. The molecule has 0 radical (unpaired) electrons. The number of ether oxygens (including phenoxy) is 1. The Kier molecular flexibility index (Phi) is 10.3. The number of rotatable bonds is 9. The van der Waals surface area contributed by atoms with E-state index in [1.54, 1.807) is 23.7 Å². The van der Waals surface area contributed by atoms with Gasteiger partial charge in [0, 0.05) is 63.0 Å². The van der Waals surface area contributed by atoms with Crippen molar-refractivity contribution in [3.05, 3.63) is 77.0 Å². The molecule has 2 saturated heterocycles. The highest BCUT2D eigenvalue weighted by molar-refractivity contribution is 6.08. The first-order valence-corrected chi connectivity index (χ1v) is 20.6. The fourth-order valence-corrected chi connectivity index (χ4v) is 9.50. The first-order chi connectivity index (χ1) is 29.3. The number of fused-ring (bicyclic) bond motifs is 3. The average molecular weight is 842 g/mol. The second kappa shape index (κ2) is 15.7. The molecule has 3 amide bonds. The molecule has 9 rings (SSSR count). The molecule has 1 aliphatic carbocycles. The third-order valence-corrected chi connectivity index (χ3v) is 12.8. The summed E-state index contributed by atoms with van der Waals surface area (Å²) in [5, 5.41) is 10.8. The molecule has 1 unspecified atom stereocenters. The minimum atomic E-state index is -4.67. The van der Waals surface area contributed by atoms with E-state index >= 15 is 0 Å². The van der Waals surface area contributed by atoms with Gasteiger partial charge in [0.05, 0.1) is 41.1 Å². The molecule has 19 heteroatoms. The van der Waals surface area contributed by atoms with E-state index in [1.807, 2.05) is 29.1 Å². The smallest absolute Gasteiger partial charge is 0.433 e. The predicted octanol–water partition coefficient (Wildman–Crippen LogP) is 5.32. The standard InChI is InChI=1S/C42H46F3N11O5/c1-51(26-13-16-53(17-14-26)30-5-4-6-31-37(30)52(2)41(60)56(31)32-11-12-35(57)49-39(32)58)21-24-7-9-27(10-8-24)55-22-25-19-29(33(61-3)20-28(25)50-55)47-40(59)36-38-48-34(42(43,44)45)15-18-54(38)23-46-36/h4-6,15,18-20,22-24,26-27,32H,7-14,16-17,21H2,1-3H3,(H,47,59)(H,49,57,58)/t24-,27-,32?. The summed E-state index contributed by atoms with van der Waals surface area (Å²) < 4.78 is 52.0. The highest BCUT2D eigenvalue weighted by Gasteiger charge is 2.35. The number of halogens is 3. The van der Waals surface area contributed by atoms with Gasteiger partial charge in [0.1, 0.15) is 23.8 Å². The summed E-state index contributed by atoms with van der Waals surface area (Å²) in [5.74, 6) is -0.587. The van der Waals surface area contributed by atoms with Crippen LogP contribution in [0.2, 0.25) is 0 Å². The number of hydrogen-bond donors (Lipinski definition) is 2. The number of imidazole rings is 2. The highest BCUT2D eigenvalue weighted by Crippen LogP contribution is 2.37. The van der Waals surface area contributed by atoms with Crippen molar-refractivity contribution in [3.63, 3.8) is 0 Å². The summed E-state index contributed by atoms with van der Waals surface area (Å²) in [5.41, 5.74) is 1.63. The van der Waals surface area contributed by atoms with Crippen LogP contribution in [0.25, 0.3) is 27.6 Å². The first kappa shape index (κ1) is 40.2.